The average Bonchev–Trinajstić information content (AvgIpc) is 2.66. The summed E-state index contributed by atoms with van der Waals surface area (Å²) in [7, 11) is 0. The summed E-state index contributed by atoms with van der Waals surface area (Å²) in [6.45, 7) is 4.27. The number of alkyl halides is 1. The van der Waals surface area contributed by atoms with Crippen LogP contribution in [-0.2, 0) is 4.79 Å². The second kappa shape index (κ2) is 5.87. The van der Waals surface area contributed by atoms with Gasteiger partial charge in [-0.15, -0.1) is 11.6 Å². The lowest BCUT2D eigenvalue weighted by Crippen LogP contribution is -2.51. The average molecular weight is 245 g/mol. The highest BCUT2D eigenvalue weighted by atomic mass is 35.5. The first-order valence-corrected chi connectivity index (χ1v) is 6.92. The molecule has 4 heteroatoms. The monoisotopic (exact) mass is 244 g/mol. The quantitative estimate of drug-likeness (QED) is 0.543. The van der Waals surface area contributed by atoms with E-state index >= 15 is 0 Å². The molecule has 1 amide bonds. The van der Waals surface area contributed by atoms with Gasteiger partial charge in [-0.25, -0.2) is 0 Å². The SMILES string of the molecule is O=C1CCC2CN(CCCCCCl)CCN12. The molecule has 1 unspecified atom stereocenters. The first kappa shape index (κ1) is 12.2. The zero-order chi connectivity index (χ0) is 11.4. The fraction of sp³-hybridized carbons (Fsp3) is 0.917. The van der Waals surface area contributed by atoms with Gasteiger partial charge in [-0.05, 0) is 25.8 Å². The Bertz CT molecular complexity index is 247. The summed E-state index contributed by atoms with van der Waals surface area (Å²) in [5, 5.41) is 0. The molecule has 2 aliphatic rings. The fourth-order valence-electron chi connectivity index (χ4n) is 2.74. The molecule has 0 spiro atoms. The van der Waals surface area contributed by atoms with Crippen molar-refractivity contribution in [1.82, 2.24) is 9.80 Å². The van der Waals surface area contributed by atoms with Gasteiger partial charge in [0.25, 0.3) is 0 Å². The maximum absolute atomic E-state index is 11.5. The maximum Gasteiger partial charge on any atom is 0.222 e. The number of unbranched alkanes of at least 4 members (excludes halogenated alkanes) is 2. The van der Waals surface area contributed by atoms with E-state index in [0.717, 1.165) is 44.8 Å². The van der Waals surface area contributed by atoms with E-state index in [1.807, 2.05) is 0 Å². The minimum absolute atomic E-state index is 0.367. The molecule has 0 bridgehead atoms. The highest BCUT2D eigenvalue weighted by Crippen LogP contribution is 2.22. The van der Waals surface area contributed by atoms with Gasteiger partial charge in [0.05, 0.1) is 0 Å². The standard InChI is InChI=1S/C12H21ClN2O/c13-6-2-1-3-7-14-8-9-15-11(10-14)4-5-12(15)16/h11H,1-10H2. The number of halogens is 1. The van der Waals surface area contributed by atoms with Gasteiger partial charge in [0, 0.05) is 38.0 Å². The minimum Gasteiger partial charge on any atom is -0.337 e. The molecule has 3 nitrogen and oxygen atoms in total. The second-order valence-electron chi connectivity index (χ2n) is 4.83. The number of hydrogen-bond donors (Lipinski definition) is 0. The summed E-state index contributed by atoms with van der Waals surface area (Å²) in [6.07, 6.45) is 5.44. The van der Waals surface area contributed by atoms with E-state index in [1.54, 1.807) is 0 Å². The number of nitrogens with zero attached hydrogens (tertiary/aromatic N) is 2. The topological polar surface area (TPSA) is 23.6 Å². The Hall–Kier alpha value is -0.280. The number of carbonyl (C=O) groups excluding carboxylic acids is 1. The van der Waals surface area contributed by atoms with Crippen molar-refractivity contribution >= 4 is 17.5 Å². The zero-order valence-corrected chi connectivity index (χ0v) is 10.6. The Morgan fingerprint density at radius 1 is 1.25 bits per heavy atom. The van der Waals surface area contributed by atoms with E-state index in [9.17, 15) is 4.79 Å². The summed E-state index contributed by atoms with van der Waals surface area (Å²) in [6, 6.07) is 0.509. The van der Waals surface area contributed by atoms with E-state index < -0.39 is 0 Å². The van der Waals surface area contributed by atoms with Crippen LogP contribution >= 0.6 is 11.6 Å². The van der Waals surface area contributed by atoms with Crippen LogP contribution in [0.3, 0.4) is 0 Å². The van der Waals surface area contributed by atoms with Crippen molar-refractivity contribution in [2.24, 2.45) is 0 Å². The molecule has 0 aromatic carbocycles. The van der Waals surface area contributed by atoms with E-state index in [1.165, 1.54) is 19.4 Å². The molecule has 2 aliphatic heterocycles. The fourth-order valence-corrected chi connectivity index (χ4v) is 2.93. The van der Waals surface area contributed by atoms with Crippen molar-refractivity contribution in [3.05, 3.63) is 0 Å². The lowest BCUT2D eigenvalue weighted by atomic mass is 10.1. The minimum atomic E-state index is 0.367. The molecule has 16 heavy (non-hydrogen) atoms. The summed E-state index contributed by atoms with van der Waals surface area (Å²) in [4.78, 5) is 16.1. The van der Waals surface area contributed by atoms with E-state index in [0.29, 0.717) is 11.9 Å². The predicted octanol–water partition coefficient (Wildman–Crippen LogP) is 1.70. The lowest BCUT2D eigenvalue weighted by Gasteiger charge is -2.37. The molecule has 0 aliphatic carbocycles. The number of rotatable bonds is 5. The predicted molar refractivity (Wildman–Crippen MR) is 65.7 cm³/mol. The van der Waals surface area contributed by atoms with Crippen molar-refractivity contribution in [1.29, 1.82) is 0 Å². The molecule has 0 saturated carbocycles. The third-order valence-electron chi connectivity index (χ3n) is 3.69. The molecular formula is C12H21ClN2O. The normalized spacial score (nSPS) is 26.2. The Kier molecular flexibility index (Phi) is 4.47. The van der Waals surface area contributed by atoms with Gasteiger partial charge < -0.3 is 4.90 Å². The largest absolute Gasteiger partial charge is 0.337 e. The van der Waals surface area contributed by atoms with Crippen molar-refractivity contribution in [2.45, 2.75) is 38.1 Å². The Labute approximate surface area is 103 Å². The van der Waals surface area contributed by atoms with Crippen molar-refractivity contribution in [3.8, 4) is 0 Å². The number of amides is 1. The van der Waals surface area contributed by atoms with Gasteiger partial charge in [0.2, 0.25) is 5.91 Å². The smallest absolute Gasteiger partial charge is 0.222 e. The highest BCUT2D eigenvalue weighted by molar-refractivity contribution is 6.17. The number of fused-ring (bicyclic) bond motifs is 1. The van der Waals surface area contributed by atoms with E-state index in [4.69, 9.17) is 11.6 Å². The van der Waals surface area contributed by atoms with Crippen LogP contribution in [0.1, 0.15) is 32.1 Å². The third-order valence-corrected chi connectivity index (χ3v) is 3.95. The summed E-state index contributed by atoms with van der Waals surface area (Å²) < 4.78 is 0. The number of carbonyl (C=O) groups is 1. The lowest BCUT2D eigenvalue weighted by molar-refractivity contribution is -0.130. The van der Waals surface area contributed by atoms with Gasteiger partial charge in [0.15, 0.2) is 0 Å². The number of piperazine rings is 1. The van der Waals surface area contributed by atoms with Crippen LogP contribution in [-0.4, -0.2) is 53.8 Å². The van der Waals surface area contributed by atoms with Crippen molar-refractivity contribution in [2.75, 3.05) is 32.1 Å². The molecule has 2 rings (SSSR count). The van der Waals surface area contributed by atoms with Crippen molar-refractivity contribution in [3.63, 3.8) is 0 Å². The van der Waals surface area contributed by atoms with E-state index in [2.05, 4.69) is 9.80 Å². The zero-order valence-electron chi connectivity index (χ0n) is 9.83. The van der Waals surface area contributed by atoms with Crippen LogP contribution in [0.4, 0.5) is 0 Å². The summed E-state index contributed by atoms with van der Waals surface area (Å²) >= 11 is 5.65. The van der Waals surface area contributed by atoms with Crippen LogP contribution in [0.2, 0.25) is 0 Å². The van der Waals surface area contributed by atoms with Crippen LogP contribution in [0.5, 0.6) is 0 Å². The third kappa shape index (κ3) is 2.89. The molecule has 92 valence electrons. The first-order chi connectivity index (χ1) is 7.81. The molecule has 0 radical (unpaired) electrons. The molecular weight excluding hydrogens is 224 g/mol. The molecule has 2 heterocycles. The molecule has 0 aromatic rings. The Morgan fingerprint density at radius 3 is 2.94 bits per heavy atom. The number of hydrogen-bond acceptors (Lipinski definition) is 2. The van der Waals surface area contributed by atoms with Crippen molar-refractivity contribution < 1.29 is 4.79 Å². The van der Waals surface area contributed by atoms with Gasteiger partial charge in [0.1, 0.15) is 0 Å². The molecule has 1 atom stereocenters. The van der Waals surface area contributed by atoms with Gasteiger partial charge >= 0.3 is 0 Å². The van der Waals surface area contributed by atoms with Gasteiger partial charge in [-0.3, -0.25) is 9.69 Å². The Balaban J connectivity index is 1.68. The van der Waals surface area contributed by atoms with Crippen LogP contribution in [0.15, 0.2) is 0 Å². The molecule has 2 saturated heterocycles. The van der Waals surface area contributed by atoms with Gasteiger partial charge in [-0.1, -0.05) is 6.42 Å². The van der Waals surface area contributed by atoms with Crippen LogP contribution < -0.4 is 0 Å². The first-order valence-electron chi connectivity index (χ1n) is 6.39. The van der Waals surface area contributed by atoms with Crippen LogP contribution in [0.25, 0.3) is 0 Å². The summed E-state index contributed by atoms with van der Waals surface area (Å²) in [5.74, 6) is 1.15. The Morgan fingerprint density at radius 2 is 2.12 bits per heavy atom. The van der Waals surface area contributed by atoms with E-state index in [-0.39, 0.29) is 0 Å². The molecule has 2 fully saturated rings. The van der Waals surface area contributed by atoms with Gasteiger partial charge in [-0.2, -0.15) is 0 Å². The molecule has 0 N–H and O–H groups in total. The highest BCUT2D eigenvalue weighted by Gasteiger charge is 2.34. The molecule has 0 aromatic heterocycles. The second-order valence-corrected chi connectivity index (χ2v) is 5.21. The van der Waals surface area contributed by atoms with Crippen LogP contribution in [0, 0.1) is 0 Å². The summed E-state index contributed by atoms with van der Waals surface area (Å²) in [5.41, 5.74) is 0. The maximum atomic E-state index is 11.5.